The van der Waals surface area contributed by atoms with E-state index in [-0.39, 0.29) is 11.8 Å². The molecule has 2 heterocycles. The van der Waals surface area contributed by atoms with Crippen LogP contribution in [0.25, 0.3) is 17.1 Å². The van der Waals surface area contributed by atoms with Crippen molar-refractivity contribution in [1.82, 2.24) is 19.9 Å². The molecule has 2 atom stereocenters. The van der Waals surface area contributed by atoms with Crippen molar-refractivity contribution in [2.75, 3.05) is 5.32 Å². The lowest BCUT2D eigenvalue weighted by atomic mass is 10.1. The van der Waals surface area contributed by atoms with Gasteiger partial charge in [0.15, 0.2) is 0 Å². The maximum absolute atomic E-state index is 13.2. The highest BCUT2D eigenvalue weighted by Crippen LogP contribution is 2.43. The molecule has 0 aliphatic heterocycles. The number of rotatable bonds is 5. The minimum absolute atomic E-state index is 0.304. The molecule has 9 heteroatoms. The molecule has 2 aromatic heterocycles. The smallest absolute Gasteiger partial charge is 0.258 e. The Hall–Kier alpha value is -3.52. The van der Waals surface area contributed by atoms with E-state index in [1.807, 2.05) is 31.2 Å². The van der Waals surface area contributed by atoms with Crippen LogP contribution in [0.1, 0.15) is 34.2 Å². The summed E-state index contributed by atoms with van der Waals surface area (Å²) in [7, 11) is 0. The minimum Gasteiger partial charge on any atom is -0.339 e. The average molecular weight is 438 g/mol. The van der Waals surface area contributed by atoms with E-state index in [0.717, 1.165) is 11.3 Å². The third-order valence-corrected chi connectivity index (χ3v) is 5.37. The number of aromatic nitrogens is 4. The van der Waals surface area contributed by atoms with Gasteiger partial charge in [0.25, 0.3) is 5.91 Å². The molecule has 156 valence electrons. The molecule has 4 aromatic rings. The Bertz CT molecular complexity index is 1280. The van der Waals surface area contributed by atoms with Crippen LogP contribution in [0.15, 0.2) is 59.4 Å². The molecule has 31 heavy (non-hydrogen) atoms. The van der Waals surface area contributed by atoms with E-state index in [1.54, 1.807) is 29.1 Å². The van der Waals surface area contributed by atoms with Gasteiger partial charge in [-0.1, -0.05) is 35.0 Å². The maximum Gasteiger partial charge on any atom is 0.258 e. The third kappa shape index (κ3) is 3.94. The molecule has 2 aromatic carbocycles. The molecular weight excluding hydrogens is 421 g/mol. The lowest BCUT2D eigenvalue weighted by molar-refractivity contribution is 0.102. The van der Waals surface area contributed by atoms with E-state index in [0.29, 0.717) is 40.0 Å². The standard InChI is InChI=1S/C22H17ClFN5O2/c1-12-5-6-13(20-27-22(31-28-20)17-9-18(17)24)7-19(12)26-21(30)14-10-25-29(11-14)16-4-2-3-15(23)8-16/h2-8,10-11,17-18H,9H2,1H3,(H,26,30)/t17-,18-/m0/s1. The van der Waals surface area contributed by atoms with Crippen molar-refractivity contribution in [2.24, 2.45) is 0 Å². The highest BCUT2D eigenvalue weighted by atomic mass is 35.5. The molecule has 0 spiro atoms. The Morgan fingerprint density at radius 2 is 2.13 bits per heavy atom. The van der Waals surface area contributed by atoms with Gasteiger partial charge < -0.3 is 9.84 Å². The molecule has 1 amide bonds. The summed E-state index contributed by atoms with van der Waals surface area (Å²) < 4.78 is 20.0. The molecule has 0 saturated heterocycles. The van der Waals surface area contributed by atoms with Crippen LogP contribution in [-0.4, -0.2) is 32.0 Å². The van der Waals surface area contributed by atoms with Gasteiger partial charge in [-0.15, -0.1) is 0 Å². The number of hydrogen-bond donors (Lipinski definition) is 1. The molecule has 1 aliphatic carbocycles. The van der Waals surface area contributed by atoms with Crippen LogP contribution in [0.2, 0.25) is 5.02 Å². The molecule has 1 saturated carbocycles. The largest absolute Gasteiger partial charge is 0.339 e. The molecule has 0 radical (unpaired) electrons. The average Bonchev–Trinajstić information content (AvgIpc) is 3.15. The number of benzene rings is 2. The van der Waals surface area contributed by atoms with Crippen LogP contribution in [0.3, 0.4) is 0 Å². The molecule has 0 unspecified atom stereocenters. The fraction of sp³-hybridized carbons (Fsp3) is 0.182. The summed E-state index contributed by atoms with van der Waals surface area (Å²) in [6.07, 6.45) is 2.63. The van der Waals surface area contributed by atoms with Crippen molar-refractivity contribution < 1.29 is 13.7 Å². The van der Waals surface area contributed by atoms with E-state index in [4.69, 9.17) is 16.1 Å². The Balaban J connectivity index is 1.36. The van der Waals surface area contributed by atoms with E-state index in [2.05, 4.69) is 20.6 Å². The number of alkyl halides is 1. The Morgan fingerprint density at radius 1 is 1.29 bits per heavy atom. The van der Waals surface area contributed by atoms with Crippen molar-refractivity contribution in [1.29, 1.82) is 0 Å². The van der Waals surface area contributed by atoms with E-state index in [9.17, 15) is 9.18 Å². The van der Waals surface area contributed by atoms with Crippen LogP contribution in [0.4, 0.5) is 10.1 Å². The van der Waals surface area contributed by atoms with E-state index in [1.165, 1.54) is 6.20 Å². The molecule has 0 bridgehead atoms. The second-order valence-corrected chi connectivity index (χ2v) is 7.89. The number of nitrogens with one attached hydrogen (secondary N) is 1. The summed E-state index contributed by atoms with van der Waals surface area (Å²) in [6, 6.07) is 12.6. The molecular formula is C22H17ClFN5O2. The molecule has 7 nitrogen and oxygen atoms in total. The first-order valence-electron chi connectivity index (χ1n) is 9.68. The van der Waals surface area contributed by atoms with E-state index >= 15 is 0 Å². The predicted molar refractivity (Wildman–Crippen MR) is 113 cm³/mol. The summed E-state index contributed by atoms with van der Waals surface area (Å²) in [5, 5.41) is 11.7. The fourth-order valence-corrected chi connectivity index (χ4v) is 3.40. The van der Waals surface area contributed by atoms with Crippen molar-refractivity contribution in [2.45, 2.75) is 25.4 Å². The monoisotopic (exact) mass is 437 g/mol. The summed E-state index contributed by atoms with van der Waals surface area (Å²) in [5.41, 5.74) is 3.30. The highest BCUT2D eigenvalue weighted by molar-refractivity contribution is 6.30. The first-order valence-corrected chi connectivity index (χ1v) is 10.1. The van der Waals surface area contributed by atoms with Gasteiger partial charge in [-0.05, 0) is 43.2 Å². The number of carbonyl (C=O) groups excluding carboxylic acids is 1. The van der Waals surface area contributed by atoms with Gasteiger partial charge in [-0.2, -0.15) is 10.1 Å². The topological polar surface area (TPSA) is 85.8 Å². The number of amides is 1. The van der Waals surface area contributed by atoms with Crippen LogP contribution >= 0.6 is 11.6 Å². The summed E-state index contributed by atoms with van der Waals surface area (Å²) >= 11 is 6.03. The summed E-state index contributed by atoms with van der Waals surface area (Å²) in [6.45, 7) is 1.88. The van der Waals surface area contributed by atoms with Crippen molar-refractivity contribution in [3.8, 4) is 17.1 Å². The van der Waals surface area contributed by atoms with Gasteiger partial charge >= 0.3 is 0 Å². The number of halogens is 2. The highest BCUT2D eigenvalue weighted by Gasteiger charge is 2.43. The van der Waals surface area contributed by atoms with Crippen molar-refractivity contribution in [3.05, 3.63) is 76.9 Å². The second-order valence-electron chi connectivity index (χ2n) is 7.45. The number of anilines is 1. The molecule has 5 rings (SSSR count). The number of aryl methyl sites for hydroxylation is 1. The van der Waals surface area contributed by atoms with Crippen molar-refractivity contribution in [3.63, 3.8) is 0 Å². The van der Waals surface area contributed by atoms with E-state index < -0.39 is 6.17 Å². The summed E-state index contributed by atoms with van der Waals surface area (Å²) in [4.78, 5) is 17.1. The van der Waals surface area contributed by atoms with Gasteiger partial charge in [0.05, 0.1) is 23.4 Å². The number of carbonyl (C=O) groups is 1. The first-order chi connectivity index (χ1) is 15.0. The SMILES string of the molecule is Cc1ccc(-c2noc([C@H]3C[C@@H]3F)n2)cc1NC(=O)c1cnn(-c2cccc(Cl)c2)c1. The lowest BCUT2D eigenvalue weighted by Gasteiger charge is -2.08. The third-order valence-electron chi connectivity index (χ3n) is 5.13. The van der Waals surface area contributed by atoms with Gasteiger partial charge in [0, 0.05) is 22.5 Å². The van der Waals surface area contributed by atoms with Gasteiger partial charge in [-0.25, -0.2) is 9.07 Å². The van der Waals surface area contributed by atoms with Gasteiger partial charge in [-0.3, -0.25) is 4.79 Å². The van der Waals surface area contributed by atoms with Crippen LogP contribution in [-0.2, 0) is 0 Å². The Labute approximate surface area is 181 Å². The lowest BCUT2D eigenvalue weighted by Crippen LogP contribution is -2.12. The van der Waals surface area contributed by atoms with Crippen LogP contribution in [0, 0.1) is 6.92 Å². The summed E-state index contributed by atoms with van der Waals surface area (Å²) in [5.74, 6) is 0.0583. The maximum atomic E-state index is 13.2. The zero-order chi connectivity index (χ0) is 21.5. The predicted octanol–water partition coefficient (Wildman–Crippen LogP) is 4.96. The van der Waals surface area contributed by atoms with Gasteiger partial charge in [0.2, 0.25) is 11.7 Å². The Kier molecular flexibility index (Phi) is 4.78. The van der Waals surface area contributed by atoms with Crippen LogP contribution in [0.5, 0.6) is 0 Å². The van der Waals surface area contributed by atoms with Gasteiger partial charge in [0.1, 0.15) is 6.17 Å². The Morgan fingerprint density at radius 3 is 2.90 bits per heavy atom. The normalized spacial score (nSPS) is 17.5. The molecule has 1 aliphatic rings. The zero-order valence-electron chi connectivity index (χ0n) is 16.4. The van der Waals surface area contributed by atoms with Crippen LogP contribution < -0.4 is 5.32 Å². The number of hydrogen-bond acceptors (Lipinski definition) is 5. The quantitative estimate of drug-likeness (QED) is 0.476. The first kappa shape index (κ1) is 19.4. The molecule has 1 N–H and O–H groups in total. The molecule has 1 fully saturated rings. The number of nitrogens with zero attached hydrogens (tertiary/aromatic N) is 4. The van der Waals surface area contributed by atoms with Crippen molar-refractivity contribution >= 4 is 23.2 Å². The second kappa shape index (κ2) is 7.63. The fourth-order valence-electron chi connectivity index (χ4n) is 3.21. The zero-order valence-corrected chi connectivity index (χ0v) is 17.2. The minimum atomic E-state index is -0.908.